The average Bonchev–Trinajstić information content (AvgIpc) is 2.67. The number of anilines is 1. The molecule has 0 aromatic heterocycles. The van der Waals surface area contributed by atoms with Crippen LogP contribution < -0.4 is 14.8 Å². The smallest absolute Gasteiger partial charge is 0.265 e. The number of benzene rings is 2. The number of rotatable bonds is 7. The Morgan fingerprint density at radius 2 is 1.81 bits per heavy atom. The van der Waals surface area contributed by atoms with E-state index in [1.165, 1.54) is 24.0 Å². The molecule has 0 bridgehead atoms. The molecular weight excluding hydrogens is 326 g/mol. The molecule has 0 radical (unpaired) electrons. The summed E-state index contributed by atoms with van der Waals surface area (Å²) in [5.74, 6) is 1.31. The van der Waals surface area contributed by atoms with Gasteiger partial charge in [-0.1, -0.05) is 18.7 Å². The second-order valence-electron chi connectivity index (χ2n) is 6.51. The van der Waals surface area contributed by atoms with Gasteiger partial charge in [-0.2, -0.15) is 0 Å². The van der Waals surface area contributed by atoms with Gasteiger partial charge in [0.25, 0.3) is 5.91 Å². The van der Waals surface area contributed by atoms with E-state index in [1.54, 1.807) is 13.0 Å². The summed E-state index contributed by atoms with van der Waals surface area (Å²) in [6, 6.07) is 13.4. The molecule has 2 aromatic carbocycles. The summed E-state index contributed by atoms with van der Waals surface area (Å²) in [7, 11) is 0. The summed E-state index contributed by atoms with van der Waals surface area (Å²) in [5.41, 5.74) is 3.46. The van der Waals surface area contributed by atoms with E-state index in [1.807, 2.05) is 30.3 Å². The highest BCUT2D eigenvalue weighted by molar-refractivity contribution is 5.94. The van der Waals surface area contributed by atoms with Crippen molar-refractivity contribution in [1.29, 1.82) is 0 Å². The maximum Gasteiger partial charge on any atom is 0.265 e. The van der Waals surface area contributed by atoms with Crippen molar-refractivity contribution in [3.05, 3.63) is 66.2 Å². The lowest BCUT2D eigenvalue weighted by atomic mass is 9.92. The summed E-state index contributed by atoms with van der Waals surface area (Å²) in [5, 5.41) is 2.87. The Morgan fingerprint density at radius 3 is 2.54 bits per heavy atom. The summed E-state index contributed by atoms with van der Waals surface area (Å²) in [6.45, 7) is 5.83. The molecule has 1 aliphatic carbocycles. The van der Waals surface area contributed by atoms with Crippen LogP contribution in [0.2, 0.25) is 0 Å². The lowest BCUT2D eigenvalue weighted by Crippen LogP contribution is -2.30. The molecule has 3 rings (SSSR count). The molecule has 26 heavy (non-hydrogen) atoms. The van der Waals surface area contributed by atoms with Crippen molar-refractivity contribution < 1.29 is 14.3 Å². The number of carbonyl (C=O) groups is 1. The van der Waals surface area contributed by atoms with Crippen molar-refractivity contribution in [2.75, 3.05) is 11.9 Å². The van der Waals surface area contributed by atoms with E-state index in [-0.39, 0.29) is 5.91 Å². The summed E-state index contributed by atoms with van der Waals surface area (Å²) < 4.78 is 11.3. The van der Waals surface area contributed by atoms with Crippen LogP contribution in [0.25, 0.3) is 0 Å². The maximum atomic E-state index is 12.4. The Balaban J connectivity index is 1.56. The van der Waals surface area contributed by atoms with Crippen LogP contribution in [0.1, 0.15) is 30.9 Å². The second kappa shape index (κ2) is 8.56. The van der Waals surface area contributed by atoms with Gasteiger partial charge in [0.2, 0.25) is 0 Å². The maximum absolute atomic E-state index is 12.4. The molecule has 0 spiro atoms. The molecule has 1 atom stereocenters. The minimum absolute atomic E-state index is 0.178. The summed E-state index contributed by atoms with van der Waals surface area (Å²) >= 11 is 0. The molecule has 1 aliphatic rings. The fraction of sp³-hybridized carbons (Fsp3) is 0.318. The normalized spacial score (nSPS) is 14.0. The average molecular weight is 351 g/mol. The van der Waals surface area contributed by atoms with Gasteiger partial charge in [0.1, 0.15) is 18.1 Å². The fourth-order valence-electron chi connectivity index (χ4n) is 3.07. The van der Waals surface area contributed by atoms with Crippen molar-refractivity contribution >= 4 is 11.6 Å². The molecule has 0 aliphatic heterocycles. The lowest BCUT2D eigenvalue weighted by molar-refractivity contribution is -0.122. The predicted molar refractivity (Wildman–Crippen MR) is 104 cm³/mol. The fourth-order valence-corrected chi connectivity index (χ4v) is 3.07. The van der Waals surface area contributed by atoms with Crippen LogP contribution in [-0.2, 0) is 17.6 Å². The van der Waals surface area contributed by atoms with Crippen LogP contribution in [0, 0.1) is 0 Å². The first kappa shape index (κ1) is 18.1. The second-order valence-corrected chi connectivity index (χ2v) is 6.51. The Bertz CT molecular complexity index is 767. The molecule has 0 saturated carbocycles. The molecule has 0 saturated heterocycles. The number of ether oxygens (including phenoxy) is 2. The van der Waals surface area contributed by atoms with Crippen LogP contribution in [-0.4, -0.2) is 18.6 Å². The van der Waals surface area contributed by atoms with Crippen molar-refractivity contribution in [1.82, 2.24) is 0 Å². The molecule has 136 valence electrons. The van der Waals surface area contributed by atoms with Gasteiger partial charge in [-0.05, 0) is 80.1 Å². The number of hydrogen-bond acceptors (Lipinski definition) is 3. The van der Waals surface area contributed by atoms with E-state index in [4.69, 9.17) is 9.47 Å². The van der Waals surface area contributed by atoms with Crippen LogP contribution in [0.4, 0.5) is 5.69 Å². The van der Waals surface area contributed by atoms with E-state index >= 15 is 0 Å². The number of nitrogens with one attached hydrogen (secondary N) is 1. The molecule has 1 unspecified atom stereocenters. The van der Waals surface area contributed by atoms with Gasteiger partial charge >= 0.3 is 0 Å². The highest BCUT2D eigenvalue weighted by Gasteiger charge is 2.16. The quantitative estimate of drug-likeness (QED) is 0.745. The third-order valence-corrected chi connectivity index (χ3v) is 4.49. The topological polar surface area (TPSA) is 47.6 Å². The SMILES string of the molecule is C=CCOc1ccc(NC(=O)C(C)Oc2ccc3c(c2)CCCC3)cc1. The van der Waals surface area contributed by atoms with Crippen LogP contribution in [0.3, 0.4) is 0 Å². The molecule has 2 aromatic rings. The van der Waals surface area contributed by atoms with Gasteiger partial charge in [-0.15, -0.1) is 0 Å². The number of aryl methyl sites for hydroxylation is 2. The van der Waals surface area contributed by atoms with E-state index < -0.39 is 6.10 Å². The Hall–Kier alpha value is -2.75. The molecule has 0 heterocycles. The predicted octanol–water partition coefficient (Wildman–Crippen LogP) is 4.54. The van der Waals surface area contributed by atoms with Crippen molar-refractivity contribution in [2.45, 2.75) is 38.7 Å². The van der Waals surface area contributed by atoms with E-state index in [2.05, 4.69) is 24.0 Å². The van der Waals surface area contributed by atoms with Crippen LogP contribution in [0.15, 0.2) is 55.1 Å². The minimum atomic E-state index is -0.576. The molecule has 4 nitrogen and oxygen atoms in total. The van der Waals surface area contributed by atoms with E-state index in [9.17, 15) is 4.79 Å². The van der Waals surface area contributed by atoms with Gasteiger partial charge < -0.3 is 14.8 Å². The lowest BCUT2D eigenvalue weighted by Gasteiger charge is -2.19. The third kappa shape index (κ3) is 4.66. The van der Waals surface area contributed by atoms with Crippen LogP contribution in [0.5, 0.6) is 11.5 Å². The highest BCUT2D eigenvalue weighted by atomic mass is 16.5. The zero-order chi connectivity index (χ0) is 18.4. The van der Waals surface area contributed by atoms with E-state index in [0.717, 1.165) is 24.3 Å². The number of amides is 1. The molecule has 1 N–H and O–H groups in total. The van der Waals surface area contributed by atoms with Gasteiger partial charge in [-0.3, -0.25) is 4.79 Å². The van der Waals surface area contributed by atoms with Gasteiger partial charge in [0.15, 0.2) is 6.10 Å². The monoisotopic (exact) mass is 351 g/mol. The highest BCUT2D eigenvalue weighted by Crippen LogP contribution is 2.26. The Morgan fingerprint density at radius 1 is 1.12 bits per heavy atom. The third-order valence-electron chi connectivity index (χ3n) is 4.49. The molecule has 1 amide bonds. The standard InChI is InChI=1S/C22H25NO3/c1-3-14-25-20-12-9-19(10-13-20)23-22(24)16(2)26-21-11-8-17-6-4-5-7-18(17)15-21/h3,8-13,15-16H,1,4-7,14H2,2H3,(H,23,24). The summed E-state index contributed by atoms with van der Waals surface area (Å²) in [4.78, 5) is 12.4. The summed E-state index contributed by atoms with van der Waals surface area (Å²) in [6.07, 6.45) is 5.82. The number of fused-ring (bicyclic) bond motifs is 1. The van der Waals surface area contributed by atoms with Crippen molar-refractivity contribution in [3.8, 4) is 11.5 Å². The first-order chi connectivity index (χ1) is 12.7. The van der Waals surface area contributed by atoms with Crippen molar-refractivity contribution in [3.63, 3.8) is 0 Å². The minimum Gasteiger partial charge on any atom is -0.490 e. The number of hydrogen-bond donors (Lipinski definition) is 1. The zero-order valence-corrected chi connectivity index (χ0v) is 15.2. The van der Waals surface area contributed by atoms with Gasteiger partial charge in [0, 0.05) is 5.69 Å². The first-order valence-electron chi connectivity index (χ1n) is 9.09. The largest absolute Gasteiger partial charge is 0.490 e. The number of carbonyl (C=O) groups excluding carboxylic acids is 1. The van der Waals surface area contributed by atoms with Crippen LogP contribution >= 0.6 is 0 Å². The molecular formula is C22H25NO3. The Kier molecular flexibility index (Phi) is 5.95. The van der Waals surface area contributed by atoms with Gasteiger partial charge in [0.05, 0.1) is 0 Å². The van der Waals surface area contributed by atoms with Gasteiger partial charge in [-0.25, -0.2) is 0 Å². The van der Waals surface area contributed by atoms with Crippen molar-refractivity contribution in [2.24, 2.45) is 0 Å². The molecule has 4 heteroatoms. The first-order valence-corrected chi connectivity index (χ1v) is 9.09. The molecule has 0 fully saturated rings. The Labute approximate surface area is 154 Å². The van der Waals surface area contributed by atoms with E-state index in [0.29, 0.717) is 12.3 Å². The zero-order valence-electron chi connectivity index (χ0n) is 15.2.